The second-order valence-electron chi connectivity index (χ2n) is 7.29. The Balaban J connectivity index is 1.76. The van der Waals surface area contributed by atoms with E-state index in [4.69, 9.17) is 4.98 Å². The zero-order chi connectivity index (χ0) is 20.2. The van der Waals surface area contributed by atoms with Gasteiger partial charge in [-0.1, -0.05) is 79.2 Å². The highest BCUT2D eigenvalue weighted by Crippen LogP contribution is 2.26. The average molecular weight is 380 g/mol. The van der Waals surface area contributed by atoms with Gasteiger partial charge < -0.3 is 5.32 Å². The maximum Gasteiger partial charge on any atom is 0.252 e. The van der Waals surface area contributed by atoms with E-state index in [1.807, 2.05) is 60.7 Å². The van der Waals surface area contributed by atoms with Crippen LogP contribution in [0.4, 0.5) is 0 Å². The van der Waals surface area contributed by atoms with Gasteiger partial charge >= 0.3 is 0 Å². The monoisotopic (exact) mass is 380 g/mol. The molecule has 1 amide bonds. The van der Waals surface area contributed by atoms with E-state index in [0.717, 1.165) is 34.1 Å². The number of hydrogen-bond donors (Lipinski definition) is 1. The zero-order valence-electron chi connectivity index (χ0n) is 16.7. The molecule has 0 bridgehead atoms. The Bertz CT molecular complexity index is 1150. The minimum absolute atomic E-state index is 0.0296. The number of aromatic nitrogens is 1. The first kappa shape index (κ1) is 18.9. The normalized spacial score (nSPS) is 11.9. The van der Waals surface area contributed by atoms with Crippen molar-refractivity contribution in [1.29, 1.82) is 0 Å². The maximum absolute atomic E-state index is 13.3. The van der Waals surface area contributed by atoms with E-state index in [1.54, 1.807) is 0 Å². The van der Waals surface area contributed by atoms with Gasteiger partial charge in [0.15, 0.2) is 0 Å². The minimum atomic E-state index is -0.0757. The molecule has 0 spiro atoms. The van der Waals surface area contributed by atoms with Crippen LogP contribution >= 0.6 is 0 Å². The summed E-state index contributed by atoms with van der Waals surface area (Å²) in [7, 11) is 0. The molecule has 0 radical (unpaired) electrons. The highest BCUT2D eigenvalue weighted by Gasteiger charge is 2.18. The standard InChI is InChI=1S/C26H24N2O/c1-3-23(19-11-5-4-6-12-19)28-26(29)22-17-25(20-13-9-10-18(2)16-20)27-24-15-8-7-14-21(22)24/h4-17,23H,3H2,1-2H3,(H,28,29)/t23-/m1/s1. The number of pyridine rings is 1. The number of nitrogens with zero attached hydrogens (tertiary/aromatic N) is 1. The van der Waals surface area contributed by atoms with Crippen LogP contribution in [0, 0.1) is 6.92 Å². The fourth-order valence-corrected chi connectivity index (χ4v) is 3.66. The summed E-state index contributed by atoms with van der Waals surface area (Å²) in [4.78, 5) is 18.1. The molecule has 3 aromatic carbocycles. The van der Waals surface area contributed by atoms with Crippen molar-refractivity contribution in [2.45, 2.75) is 26.3 Å². The van der Waals surface area contributed by atoms with Crippen molar-refractivity contribution in [2.24, 2.45) is 0 Å². The third-order valence-electron chi connectivity index (χ3n) is 5.19. The van der Waals surface area contributed by atoms with Crippen molar-refractivity contribution in [1.82, 2.24) is 10.3 Å². The van der Waals surface area contributed by atoms with Crippen LogP contribution in [0.1, 0.15) is 40.9 Å². The molecule has 3 heteroatoms. The van der Waals surface area contributed by atoms with E-state index >= 15 is 0 Å². The van der Waals surface area contributed by atoms with E-state index < -0.39 is 0 Å². The first-order chi connectivity index (χ1) is 14.2. The molecule has 0 aliphatic carbocycles. The summed E-state index contributed by atoms with van der Waals surface area (Å²) >= 11 is 0. The van der Waals surface area contributed by atoms with Crippen LogP contribution in [-0.4, -0.2) is 10.9 Å². The molecule has 3 nitrogen and oxygen atoms in total. The van der Waals surface area contributed by atoms with Crippen molar-refractivity contribution in [2.75, 3.05) is 0 Å². The van der Waals surface area contributed by atoms with Gasteiger partial charge in [-0.05, 0) is 37.1 Å². The molecule has 1 atom stereocenters. The van der Waals surface area contributed by atoms with Crippen LogP contribution in [0.5, 0.6) is 0 Å². The second kappa shape index (κ2) is 8.27. The summed E-state index contributed by atoms with van der Waals surface area (Å²) in [6, 6.07) is 28.0. The first-order valence-electron chi connectivity index (χ1n) is 9.98. The van der Waals surface area contributed by atoms with Gasteiger partial charge in [-0.2, -0.15) is 0 Å². The molecular weight excluding hydrogens is 356 g/mol. The summed E-state index contributed by atoms with van der Waals surface area (Å²) in [5.74, 6) is -0.0757. The summed E-state index contributed by atoms with van der Waals surface area (Å²) in [6.07, 6.45) is 0.823. The number of hydrogen-bond acceptors (Lipinski definition) is 2. The van der Waals surface area contributed by atoms with E-state index in [2.05, 4.69) is 43.4 Å². The van der Waals surface area contributed by atoms with Crippen LogP contribution in [-0.2, 0) is 0 Å². The number of aryl methyl sites for hydroxylation is 1. The van der Waals surface area contributed by atoms with Crippen LogP contribution in [0.25, 0.3) is 22.2 Å². The Morgan fingerprint density at radius 1 is 0.931 bits per heavy atom. The van der Waals surface area contributed by atoms with Gasteiger partial charge in [-0.3, -0.25) is 4.79 Å². The summed E-state index contributed by atoms with van der Waals surface area (Å²) in [6.45, 7) is 4.14. The lowest BCUT2D eigenvalue weighted by Gasteiger charge is -2.18. The number of benzene rings is 3. The fourth-order valence-electron chi connectivity index (χ4n) is 3.66. The van der Waals surface area contributed by atoms with E-state index in [0.29, 0.717) is 5.56 Å². The largest absolute Gasteiger partial charge is 0.345 e. The number of carbonyl (C=O) groups excluding carboxylic acids is 1. The van der Waals surface area contributed by atoms with Gasteiger partial charge in [-0.15, -0.1) is 0 Å². The number of para-hydroxylation sites is 1. The molecule has 0 aliphatic rings. The van der Waals surface area contributed by atoms with Gasteiger partial charge in [0.2, 0.25) is 0 Å². The molecule has 1 heterocycles. The Morgan fingerprint density at radius 3 is 2.45 bits per heavy atom. The highest BCUT2D eigenvalue weighted by atomic mass is 16.1. The zero-order valence-corrected chi connectivity index (χ0v) is 16.7. The minimum Gasteiger partial charge on any atom is -0.345 e. The van der Waals surface area contributed by atoms with Crippen molar-refractivity contribution in [3.63, 3.8) is 0 Å². The quantitative estimate of drug-likeness (QED) is 0.455. The fraction of sp³-hybridized carbons (Fsp3) is 0.154. The van der Waals surface area contributed by atoms with Crippen molar-refractivity contribution >= 4 is 16.8 Å². The van der Waals surface area contributed by atoms with Gasteiger partial charge in [0, 0.05) is 10.9 Å². The molecule has 0 aliphatic heterocycles. The van der Waals surface area contributed by atoms with Crippen molar-refractivity contribution in [3.8, 4) is 11.3 Å². The molecule has 1 aromatic heterocycles. The lowest BCUT2D eigenvalue weighted by Crippen LogP contribution is -2.28. The van der Waals surface area contributed by atoms with Crippen LogP contribution < -0.4 is 5.32 Å². The van der Waals surface area contributed by atoms with Gasteiger partial charge in [0.25, 0.3) is 5.91 Å². The maximum atomic E-state index is 13.3. The van der Waals surface area contributed by atoms with Crippen LogP contribution in [0.15, 0.2) is 84.9 Å². The Morgan fingerprint density at radius 2 is 1.69 bits per heavy atom. The SMILES string of the molecule is CC[C@@H](NC(=O)c1cc(-c2cccc(C)c2)nc2ccccc12)c1ccccc1. The number of carbonyl (C=O) groups is 1. The molecule has 4 rings (SSSR count). The number of amides is 1. The van der Waals surface area contributed by atoms with Crippen molar-refractivity contribution in [3.05, 3.63) is 102 Å². The third-order valence-corrected chi connectivity index (χ3v) is 5.19. The topological polar surface area (TPSA) is 42.0 Å². The molecule has 29 heavy (non-hydrogen) atoms. The van der Waals surface area contributed by atoms with Gasteiger partial charge in [0.05, 0.1) is 22.8 Å². The van der Waals surface area contributed by atoms with E-state index in [-0.39, 0.29) is 11.9 Å². The number of rotatable bonds is 5. The van der Waals surface area contributed by atoms with Gasteiger partial charge in [0.1, 0.15) is 0 Å². The predicted molar refractivity (Wildman–Crippen MR) is 119 cm³/mol. The Labute approximate surface area is 171 Å². The molecular formula is C26H24N2O. The lowest BCUT2D eigenvalue weighted by atomic mass is 10.0. The molecule has 0 saturated carbocycles. The lowest BCUT2D eigenvalue weighted by molar-refractivity contribution is 0.0937. The Hall–Kier alpha value is -3.46. The average Bonchev–Trinajstić information content (AvgIpc) is 2.77. The Kier molecular flexibility index (Phi) is 5.39. The molecule has 0 saturated heterocycles. The van der Waals surface area contributed by atoms with E-state index in [1.165, 1.54) is 5.56 Å². The highest BCUT2D eigenvalue weighted by molar-refractivity contribution is 6.07. The number of nitrogens with one attached hydrogen (secondary N) is 1. The smallest absolute Gasteiger partial charge is 0.252 e. The molecule has 4 aromatic rings. The summed E-state index contributed by atoms with van der Waals surface area (Å²) in [5.41, 5.74) is 5.58. The van der Waals surface area contributed by atoms with Gasteiger partial charge in [-0.25, -0.2) is 4.98 Å². The summed E-state index contributed by atoms with van der Waals surface area (Å²) < 4.78 is 0. The predicted octanol–water partition coefficient (Wildman–Crippen LogP) is 6.09. The van der Waals surface area contributed by atoms with E-state index in [9.17, 15) is 4.79 Å². The summed E-state index contributed by atoms with van der Waals surface area (Å²) in [5, 5.41) is 4.08. The number of fused-ring (bicyclic) bond motifs is 1. The molecule has 144 valence electrons. The molecule has 1 N–H and O–H groups in total. The third kappa shape index (κ3) is 4.04. The molecule has 0 fully saturated rings. The second-order valence-corrected chi connectivity index (χ2v) is 7.29. The van der Waals surface area contributed by atoms with Crippen molar-refractivity contribution < 1.29 is 4.79 Å². The van der Waals surface area contributed by atoms with Crippen LogP contribution in [0.2, 0.25) is 0 Å². The van der Waals surface area contributed by atoms with Crippen LogP contribution in [0.3, 0.4) is 0 Å². The first-order valence-corrected chi connectivity index (χ1v) is 9.98. The molecule has 0 unspecified atom stereocenters.